The van der Waals surface area contributed by atoms with Crippen LogP contribution in [0.2, 0.25) is 10.0 Å². The SMILES string of the molecule is C[C@@H](Oc1ccc(Cl)cc1Cl)C(=O)N1N=C(c2ccc(Br)cc2)C[C@@]1(O)C(F)(F)F. The van der Waals surface area contributed by atoms with E-state index in [4.69, 9.17) is 27.9 Å². The number of alkyl halides is 3. The Morgan fingerprint density at radius 1 is 1.27 bits per heavy atom. The van der Waals surface area contributed by atoms with E-state index in [0.29, 0.717) is 15.1 Å². The highest BCUT2D eigenvalue weighted by atomic mass is 79.9. The van der Waals surface area contributed by atoms with Crippen LogP contribution in [0.15, 0.2) is 52.0 Å². The monoisotopic (exact) mass is 524 g/mol. The number of ether oxygens (including phenoxy) is 1. The second kappa shape index (κ2) is 8.37. The molecule has 11 heteroatoms. The van der Waals surface area contributed by atoms with E-state index in [1.54, 1.807) is 12.1 Å². The van der Waals surface area contributed by atoms with E-state index in [1.165, 1.54) is 37.3 Å². The first-order valence-electron chi connectivity index (χ1n) is 8.50. The van der Waals surface area contributed by atoms with Gasteiger partial charge in [-0.3, -0.25) is 4.79 Å². The van der Waals surface area contributed by atoms with Gasteiger partial charge in [0.1, 0.15) is 5.75 Å². The second-order valence-electron chi connectivity index (χ2n) is 6.53. The van der Waals surface area contributed by atoms with Crippen molar-refractivity contribution in [3.05, 3.63) is 62.5 Å². The summed E-state index contributed by atoms with van der Waals surface area (Å²) in [5.41, 5.74) is -3.26. The molecule has 1 heterocycles. The van der Waals surface area contributed by atoms with Crippen LogP contribution in [0.4, 0.5) is 13.2 Å². The molecule has 30 heavy (non-hydrogen) atoms. The number of rotatable bonds is 4. The maximum atomic E-state index is 13.7. The lowest BCUT2D eigenvalue weighted by molar-refractivity contribution is -0.303. The summed E-state index contributed by atoms with van der Waals surface area (Å²) in [6.07, 6.45) is -7.50. The van der Waals surface area contributed by atoms with Gasteiger partial charge >= 0.3 is 6.18 Å². The highest BCUT2D eigenvalue weighted by molar-refractivity contribution is 9.10. The van der Waals surface area contributed by atoms with Crippen molar-refractivity contribution in [1.29, 1.82) is 0 Å². The van der Waals surface area contributed by atoms with Crippen LogP contribution in [0.3, 0.4) is 0 Å². The van der Waals surface area contributed by atoms with Gasteiger partial charge in [-0.15, -0.1) is 0 Å². The molecule has 160 valence electrons. The maximum Gasteiger partial charge on any atom is 0.438 e. The fourth-order valence-electron chi connectivity index (χ4n) is 2.78. The lowest BCUT2D eigenvalue weighted by Crippen LogP contribution is -2.58. The van der Waals surface area contributed by atoms with Gasteiger partial charge in [0, 0.05) is 9.50 Å². The Morgan fingerprint density at radius 3 is 2.47 bits per heavy atom. The third-order valence-electron chi connectivity index (χ3n) is 4.37. The molecule has 1 amide bonds. The molecule has 2 aromatic carbocycles. The molecule has 5 nitrogen and oxygen atoms in total. The molecule has 0 radical (unpaired) electrons. The van der Waals surface area contributed by atoms with Gasteiger partial charge in [-0.25, -0.2) is 0 Å². The number of benzene rings is 2. The Labute approximate surface area is 188 Å². The molecule has 0 fully saturated rings. The van der Waals surface area contributed by atoms with Gasteiger partial charge in [0.2, 0.25) is 0 Å². The molecule has 0 saturated carbocycles. The minimum atomic E-state index is -5.15. The molecule has 3 rings (SSSR count). The summed E-state index contributed by atoms with van der Waals surface area (Å²) in [7, 11) is 0. The van der Waals surface area contributed by atoms with E-state index in [9.17, 15) is 23.1 Å². The van der Waals surface area contributed by atoms with Crippen molar-refractivity contribution in [2.24, 2.45) is 5.10 Å². The number of nitrogens with zero attached hydrogens (tertiary/aromatic N) is 2. The quantitative estimate of drug-likeness (QED) is 0.580. The first kappa shape index (κ1) is 22.9. The molecule has 1 N–H and O–H groups in total. The van der Waals surface area contributed by atoms with Crippen LogP contribution in [0.1, 0.15) is 18.9 Å². The number of carbonyl (C=O) groups is 1. The molecule has 1 aliphatic rings. The van der Waals surface area contributed by atoms with Crippen LogP contribution in [0.25, 0.3) is 0 Å². The zero-order chi connectivity index (χ0) is 22.3. The van der Waals surface area contributed by atoms with Gasteiger partial charge in [0.25, 0.3) is 11.6 Å². The smallest absolute Gasteiger partial charge is 0.438 e. The number of carbonyl (C=O) groups excluding carboxylic acids is 1. The molecule has 0 saturated heterocycles. The summed E-state index contributed by atoms with van der Waals surface area (Å²) in [5, 5.41) is 14.6. The number of halogens is 6. The van der Waals surface area contributed by atoms with Gasteiger partial charge in [0.15, 0.2) is 6.10 Å². The van der Waals surface area contributed by atoms with Crippen LogP contribution in [-0.4, -0.2) is 39.7 Å². The summed E-state index contributed by atoms with van der Waals surface area (Å²) >= 11 is 15.0. The van der Waals surface area contributed by atoms with Gasteiger partial charge < -0.3 is 9.84 Å². The summed E-state index contributed by atoms with van der Waals surface area (Å²) in [4.78, 5) is 12.8. The average molecular weight is 526 g/mol. The number of hydrogen-bond donors (Lipinski definition) is 1. The normalized spacial score (nSPS) is 20.1. The predicted molar refractivity (Wildman–Crippen MR) is 110 cm³/mol. The predicted octanol–water partition coefficient (Wildman–Crippen LogP) is 5.41. The first-order valence-corrected chi connectivity index (χ1v) is 10.1. The molecule has 0 bridgehead atoms. The van der Waals surface area contributed by atoms with Gasteiger partial charge in [-0.1, -0.05) is 51.3 Å². The van der Waals surface area contributed by atoms with Crippen molar-refractivity contribution in [3.8, 4) is 5.75 Å². The summed E-state index contributed by atoms with van der Waals surface area (Å²) in [6.45, 7) is 1.23. The van der Waals surface area contributed by atoms with Gasteiger partial charge in [-0.05, 0) is 42.8 Å². The molecule has 0 aromatic heterocycles. The third-order valence-corrected chi connectivity index (χ3v) is 5.43. The van der Waals surface area contributed by atoms with Crippen LogP contribution < -0.4 is 4.74 Å². The first-order chi connectivity index (χ1) is 13.9. The molecule has 2 aromatic rings. The van der Waals surface area contributed by atoms with Crippen molar-refractivity contribution < 1.29 is 27.8 Å². The number of hydrogen-bond acceptors (Lipinski definition) is 4. The molecule has 0 spiro atoms. The molecular weight excluding hydrogens is 512 g/mol. The topological polar surface area (TPSA) is 62.1 Å². The highest BCUT2D eigenvalue weighted by Crippen LogP contribution is 2.42. The molecule has 0 aliphatic carbocycles. The number of hydrazone groups is 1. The fraction of sp³-hybridized carbons (Fsp3) is 0.263. The van der Waals surface area contributed by atoms with E-state index < -0.39 is 30.3 Å². The lowest BCUT2D eigenvalue weighted by Gasteiger charge is -2.33. The zero-order valence-corrected chi connectivity index (χ0v) is 18.3. The Hall–Kier alpha value is -1.81. The Bertz CT molecular complexity index is 1000. The molecular formula is C19H14BrCl2F3N2O3. The van der Waals surface area contributed by atoms with E-state index in [1.807, 2.05) is 0 Å². The summed E-state index contributed by atoms with van der Waals surface area (Å²) in [6, 6.07) is 10.5. The summed E-state index contributed by atoms with van der Waals surface area (Å²) in [5.74, 6) is -1.14. The second-order valence-corrected chi connectivity index (χ2v) is 8.29. The van der Waals surface area contributed by atoms with Crippen molar-refractivity contribution in [2.75, 3.05) is 0 Å². The van der Waals surface area contributed by atoms with Crippen LogP contribution in [0.5, 0.6) is 5.75 Å². The largest absolute Gasteiger partial charge is 0.479 e. The Morgan fingerprint density at radius 2 is 1.90 bits per heavy atom. The van der Waals surface area contributed by atoms with Crippen molar-refractivity contribution in [3.63, 3.8) is 0 Å². The minimum Gasteiger partial charge on any atom is -0.479 e. The lowest BCUT2D eigenvalue weighted by atomic mass is 10.0. The van der Waals surface area contributed by atoms with E-state index in [2.05, 4.69) is 21.0 Å². The van der Waals surface area contributed by atoms with Crippen molar-refractivity contribution in [2.45, 2.75) is 31.3 Å². The molecule has 2 atom stereocenters. The van der Waals surface area contributed by atoms with E-state index in [0.717, 1.165) is 0 Å². The maximum absolute atomic E-state index is 13.7. The standard InChI is InChI=1S/C19H14BrCl2F3N2O3/c1-10(30-16-7-6-13(21)8-14(16)22)17(28)27-18(29,19(23,24)25)9-15(26-27)11-2-4-12(20)5-3-11/h2-8,10,29H,9H2,1H3/t10-,18-/m1/s1. The number of aliphatic hydroxyl groups is 1. The molecule has 0 unspecified atom stereocenters. The third kappa shape index (κ3) is 4.44. The van der Waals surface area contributed by atoms with Crippen molar-refractivity contribution in [1.82, 2.24) is 5.01 Å². The minimum absolute atomic E-state index is 0.0267. The van der Waals surface area contributed by atoms with Crippen LogP contribution in [-0.2, 0) is 4.79 Å². The van der Waals surface area contributed by atoms with Crippen LogP contribution >= 0.6 is 39.1 Å². The fourth-order valence-corrected chi connectivity index (χ4v) is 3.50. The van der Waals surface area contributed by atoms with Crippen molar-refractivity contribution >= 4 is 50.8 Å². The highest BCUT2D eigenvalue weighted by Gasteiger charge is 2.63. The zero-order valence-electron chi connectivity index (χ0n) is 15.3. The van der Waals surface area contributed by atoms with E-state index in [-0.39, 0.29) is 21.5 Å². The average Bonchev–Trinajstić information content (AvgIpc) is 3.02. The Balaban J connectivity index is 1.92. The van der Waals surface area contributed by atoms with Gasteiger partial charge in [-0.2, -0.15) is 23.3 Å². The summed E-state index contributed by atoms with van der Waals surface area (Å²) < 4.78 is 47.2. The Kier molecular flexibility index (Phi) is 6.38. The molecule has 1 aliphatic heterocycles. The van der Waals surface area contributed by atoms with E-state index >= 15 is 0 Å². The van der Waals surface area contributed by atoms with Crippen LogP contribution in [0, 0.1) is 0 Å². The van der Waals surface area contributed by atoms with Gasteiger partial charge in [0.05, 0.1) is 17.2 Å². The number of amides is 1.